The van der Waals surface area contributed by atoms with Crippen LogP contribution in [0.2, 0.25) is 0 Å². The molecule has 1 aromatic heterocycles. The Bertz CT molecular complexity index is 565. The molecule has 0 saturated carbocycles. The molecule has 1 saturated heterocycles. The fraction of sp³-hybridized carbons (Fsp3) is 0.750. The highest BCUT2D eigenvalue weighted by Gasteiger charge is 2.51. The normalized spacial score (nSPS) is 24.0. The van der Waals surface area contributed by atoms with E-state index in [9.17, 15) is 9.90 Å². The number of amides is 1. The van der Waals surface area contributed by atoms with Crippen molar-refractivity contribution in [3.63, 3.8) is 0 Å². The van der Waals surface area contributed by atoms with E-state index in [4.69, 9.17) is 9.47 Å². The van der Waals surface area contributed by atoms with E-state index in [-0.39, 0.29) is 12.6 Å². The monoisotopic (exact) mass is 342 g/mol. The Morgan fingerprint density at radius 1 is 1.52 bits per heavy atom. The lowest BCUT2D eigenvalue weighted by Gasteiger charge is -2.35. The predicted octanol–water partition coefficient (Wildman–Crippen LogP) is 2.73. The molecule has 0 spiro atoms. The first-order valence-electron chi connectivity index (χ1n) is 7.75. The van der Waals surface area contributed by atoms with E-state index < -0.39 is 23.5 Å². The molecule has 1 aliphatic rings. The van der Waals surface area contributed by atoms with Crippen LogP contribution in [0.25, 0.3) is 0 Å². The molecular weight excluding hydrogens is 316 g/mol. The van der Waals surface area contributed by atoms with Crippen LogP contribution in [-0.4, -0.2) is 51.2 Å². The minimum absolute atomic E-state index is 0.156. The maximum absolute atomic E-state index is 12.7. The molecule has 7 heteroatoms. The molecule has 2 rings (SSSR count). The van der Waals surface area contributed by atoms with E-state index in [0.717, 1.165) is 10.7 Å². The molecule has 1 amide bonds. The number of hydrogen-bond donors (Lipinski definition) is 1. The second kappa shape index (κ2) is 6.37. The third-order valence-electron chi connectivity index (χ3n) is 3.64. The summed E-state index contributed by atoms with van der Waals surface area (Å²) in [5.41, 5.74) is -0.539. The SMILES string of the molecule is Cc1nc(C[C@H]2[C@@H](CO)OC(C)(C)N2C(=O)OC(C)(C)C)cs1. The maximum Gasteiger partial charge on any atom is 0.412 e. The topological polar surface area (TPSA) is 71.9 Å². The molecule has 1 aromatic rings. The van der Waals surface area contributed by atoms with Crippen molar-refractivity contribution in [1.82, 2.24) is 9.88 Å². The minimum Gasteiger partial charge on any atom is -0.444 e. The van der Waals surface area contributed by atoms with Gasteiger partial charge < -0.3 is 14.6 Å². The number of aliphatic hydroxyl groups excluding tert-OH is 1. The quantitative estimate of drug-likeness (QED) is 0.914. The van der Waals surface area contributed by atoms with E-state index in [0.29, 0.717) is 6.42 Å². The smallest absolute Gasteiger partial charge is 0.412 e. The van der Waals surface area contributed by atoms with Gasteiger partial charge in [0.2, 0.25) is 0 Å². The van der Waals surface area contributed by atoms with Gasteiger partial charge in [0.1, 0.15) is 17.4 Å². The lowest BCUT2D eigenvalue weighted by atomic mass is 10.1. The number of hydrogen-bond acceptors (Lipinski definition) is 6. The van der Waals surface area contributed by atoms with Crippen molar-refractivity contribution in [3.05, 3.63) is 16.1 Å². The van der Waals surface area contributed by atoms with Crippen LogP contribution in [0.4, 0.5) is 4.79 Å². The molecule has 0 unspecified atom stereocenters. The van der Waals surface area contributed by atoms with Crippen LogP contribution in [0.1, 0.15) is 45.3 Å². The van der Waals surface area contributed by atoms with Crippen LogP contribution in [0.3, 0.4) is 0 Å². The first-order chi connectivity index (χ1) is 10.5. The van der Waals surface area contributed by atoms with Gasteiger partial charge in [0, 0.05) is 11.8 Å². The lowest BCUT2D eigenvalue weighted by molar-refractivity contribution is -0.0866. The van der Waals surface area contributed by atoms with Gasteiger partial charge in [-0.1, -0.05) is 0 Å². The molecule has 6 nitrogen and oxygen atoms in total. The number of ether oxygens (including phenoxy) is 2. The Balaban J connectivity index is 2.27. The summed E-state index contributed by atoms with van der Waals surface area (Å²) in [6, 6.07) is -0.314. The molecule has 23 heavy (non-hydrogen) atoms. The van der Waals surface area contributed by atoms with E-state index in [1.807, 2.05) is 46.9 Å². The predicted molar refractivity (Wildman–Crippen MR) is 88.5 cm³/mol. The van der Waals surface area contributed by atoms with Gasteiger partial charge in [-0.15, -0.1) is 11.3 Å². The number of aliphatic hydroxyl groups is 1. The number of thiazole rings is 1. The third-order valence-corrected chi connectivity index (χ3v) is 4.46. The second-order valence-electron chi connectivity index (χ2n) is 7.27. The molecule has 1 aliphatic heterocycles. The Hall–Kier alpha value is -1.18. The molecule has 2 atom stereocenters. The standard InChI is InChI=1S/C16H26N2O4S/c1-10-17-11(9-23-10)7-12-13(8-19)21-16(5,6)18(12)14(20)22-15(2,3)4/h9,12-13,19H,7-8H2,1-6H3/t12-,13+/m0/s1. The summed E-state index contributed by atoms with van der Waals surface area (Å²) in [5.74, 6) is 0. The summed E-state index contributed by atoms with van der Waals surface area (Å²) < 4.78 is 11.4. The van der Waals surface area contributed by atoms with Gasteiger partial charge in [-0.3, -0.25) is 4.90 Å². The summed E-state index contributed by atoms with van der Waals surface area (Å²) >= 11 is 1.57. The number of aromatic nitrogens is 1. The summed E-state index contributed by atoms with van der Waals surface area (Å²) in [7, 11) is 0. The number of nitrogens with zero attached hydrogens (tertiary/aromatic N) is 2. The molecule has 0 aliphatic carbocycles. The number of aryl methyl sites for hydroxylation is 1. The van der Waals surface area contributed by atoms with E-state index >= 15 is 0 Å². The van der Waals surface area contributed by atoms with Crippen LogP contribution in [0.15, 0.2) is 5.38 Å². The zero-order valence-electron chi connectivity index (χ0n) is 14.6. The zero-order valence-corrected chi connectivity index (χ0v) is 15.4. The number of rotatable bonds is 3. The van der Waals surface area contributed by atoms with Gasteiger partial charge in [-0.2, -0.15) is 0 Å². The first kappa shape index (κ1) is 18.2. The highest BCUT2D eigenvalue weighted by Crippen LogP contribution is 2.35. The molecule has 2 heterocycles. The zero-order chi connectivity index (χ0) is 17.4. The first-order valence-corrected chi connectivity index (χ1v) is 8.63. The van der Waals surface area contributed by atoms with Crippen LogP contribution in [-0.2, 0) is 15.9 Å². The van der Waals surface area contributed by atoms with E-state index in [1.165, 1.54) is 0 Å². The summed E-state index contributed by atoms with van der Waals surface area (Å²) in [6.45, 7) is 10.9. The van der Waals surface area contributed by atoms with Crippen molar-refractivity contribution >= 4 is 17.4 Å². The van der Waals surface area contributed by atoms with E-state index in [2.05, 4.69) is 4.98 Å². The molecular formula is C16H26N2O4S. The fourth-order valence-electron chi connectivity index (χ4n) is 2.84. The number of carbonyl (C=O) groups is 1. The minimum atomic E-state index is -0.842. The van der Waals surface area contributed by atoms with Crippen LogP contribution in [0, 0.1) is 6.92 Å². The molecule has 1 N–H and O–H groups in total. The Morgan fingerprint density at radius 2 is 2.17 bits per heavy atom. The molecule has 130 valence electrons. The average molecular weight is 342 g/mol. The third kappa shape index (κ3) is 4.22. The highest BCUT2D eigenvalue weighted by atomic mass is 32.1. The average Bonchev–Trinajstić information content (AvgIpc) is 2.88. The van der Waals surface area contributed by atoms with Gasteiger partial charge in [0.25, 0.3) is 0 Å². The maximum atomic E-state index is 12.7. The molecule has 0 radical (unpaired) electrons. The van der Waals surface area contributed by atoms with Gasteiger partial charge >= 0.3 is 6.09 Å². The van der Waals surface area contributed by atoms with Gasteiger partial charge in [-0.05, 0) is 41.5 Å². The number of carbonyl (C=O) groups excluding carboxylic acids is 1. The molecule has 0 aromatic carbocycles. The molecule has 1 fully saturated rings. The Kier molecular flexibility index (Phi) is 5.03. The van der Waals surface area contributed by atoms with Crippen molar-refractivity contribution in [3.8, 4) is 0 Å². The Labute approximate surface area is 141 Å². The van der Waals surface area contributed by atoms with Crippen LogP contribution < -0.4 is 0 Å². The van der Waals surface area contributed by atoms with Gasteiger partial charge in [-0.25, -0.2) is 9.78 Å². The lowest BCUT2D eigenvalue weighted by Crippen LogP contribution is -2.51. The Morgan fingerprint density at radius 3 is 2.65 bits per heavy atom. The van der Waals surface area contributed by atoms with Crippen molar-refractivity contribution in [2.24, 2.45) is 0 Å². The van der Waals surface area contributed by atoms with Crippen molar-refractivity contribution in [2.45, 2.75) is 71.4 Å². The second-order valence-corrected chi connectivity index (χ2v) is 8.33. The van der Waals surface area contributed by atoms with Gasteiger partial charge in [0.05, 0.1) is 23.4 Å². The highest BCUT2D eigenvalue weighted by molar-refractivity contribution is 7.09. The van der Waals surface area contributed by atoms with Crippen molar-refractivity contribution in [1.29, 1.82) is 0 Å². The van der Waals surface area contributed by atoms with Crippen LogP contribution in [0.5, 0.6) is 0 Å². The van der Waals surface area contributed by atoms with Crippen molar-refractivity contribution < 1.29 is 19.4 Å². The largest absolute Gasteiger partial charge is 0.444 e. The summed E-state index contributed by atoms with van der Waals surface area (Å²) in [6.07, 6.45) is -0.368. The summed E-state index contributed by atoms with van der Waals surface area (Å²) in [5, 5.41) is 12.6. The van der Waals surface area contributed by atoms with E-state index in [1.54, 1.807) is 16.2 Å². The van der Waals surface area contributed by atoms with Crippen molar-refractivity contribution in [2.75, 3.05) is 6.61 Å². The van der Waals surface area contributed by atoms with Gasteiger partial charge in [0.15, 0.2) is 0 Å². The van der Waals surface area contributed by atoms with Crippen LogP contribution >= 0.6 is 11.3 Å². The summed E-state index contributed by atoms with van der Waals surface area (Å²) in [4.78, 5) is 18.7. The molecule has 0 bridgehead atoms. The fourth-order valence-corrected chi connectivity index (χ4v) is 3.46.